The number of hydrogen-bond acceptors (Lipinski definition) is 2. The highest BCUT2D eigenvalue weighted by atomic mass is 16.1. The van der Waals surface area contributed by atoms with Gasteiger partial charge in [-0.3, -0.25) is 9.78 Å². The molecule has 3 nitrogen and oxygen atoms in total. The number of carbonyl (C=O) groups excluding carboxylic acids is 1. The molecule has 0 spiro atoms. The Labute approximate surface area is 193 Å². The van der Waals surface area contributed by atoms with Crippen LogP contribution in [0.1, 0.15) is 53.2 Å². The maximum absolute atomic E-state index is 12.4. The number of ketones is 1. The first-order valence-electron chi connectivity index (χ1n) is 12.7. The van der Waals surface area contributed by atoms with E-state index in [4.69, 9.17) is 2.74 Å². The Kier molecular flexibility index (Phi) is 6.96. The van der Waals surface area contributed by atoms with Crippen LogP contribution in [0.25, 0.3) is 22.2 Å². The maximum atomic E-state index is 12.4. The first kappa shape index (κ1) is 19.5. The zero-order chi connectivity index (χ0) is 23.8. The van der Waals surface area contributed by atoms with Crippen LogP contribution in [0.5, 0.6) is 0 Å². The van der Waals surface area contributed by atoms with Crippen LogP contribution in [0.2, 0.25) is 0 Å². The van der Waals surface area contributed by atoms with Crippen LogP contribution in [0.15, 0.2) is 85.2 Å². The SMILES string of the molecule is [2H]C(C(=O)CCCCCCCn1c(-c2ccccc2)cc2ccccc21)C([2H])c1cccnc1. The minimum atomic E-state index is -1.04. The molecule has 3 heteroatoms. The van der Waals surface area contributed by atoms with Crippen LogP contribution < -0.4 is 0 Å². The van der Waals surface area contributed by atoms with Crippen molar-refractivity contribution >= 4 is 16.7 Å². The van der Waals surface area contributed by atoms with Gasteiger partial charge in [0.25, 0.3) is 0 Å². The van der Waals surface area contributed by atoms with Crippen molar-refractivity contribution in [2.24, 2.45) is 0 Å². The Hall–Kier alpha value is -3.20. The number of carbonyl (C=O) groups is 1. The van der Waals surface area contributed by atoms with E-state index in [1.165, 1.54) is 22.2 Å². The number of para-hydroxylation sites is 1. The van der Waals surface area contributed by atoms with Gasteiger partial charge in [0.2, 0.25) is 0 Å². The Morgan fingerprint density at radius 2 is 1.66 bits per heavy atom. The average molecular weight is 427 g/mol. The van der Waals surface area contributed by atoms with Gasteiger partial charge < -0.3 is 4.57 Å². The summed E-state index contributed by atoms with van der Waals surface area (Å²) in [5.41, 5.74) is 4.39. The number of hydrogen-bond donors (Lipinski definition) is 0. The lowest BCUT2D eigenvalue weighted by atomic mass is 10.0. The van der Waals surface area contributed by atoms with Crippen molar-refractivity contribution in [2.45, 2.75) is 57.9 Å². The number of aromatic nitrogens is 2. The van der Waals surface area contributed by atoms with Gasteiger partial charge in [0, 0.05) is 51.1 Å². The van der Waals surface area contributed by atoms with Crippen molar-refractivity contribution in [1.29, 1.82) is 0 Å². The van der Waals surface area contributed by atoms with Gasteiger partial charge in [0.15, 0.2) is 0 Å². The molecule has 0 aliphatic carbocycles. The van der Waals surface area contributed by atoms with Gasteiger partial charge in [-0.15, -0.1) is 0 Å². The summed E-state index contributed by atoms with van der Waals surface area (Å²) in [6, 6.07) is 24.9. The fourth-order valence-electron chi connectivity index (χ4n) is 4.15. The third kappa shape index (κ3) is 5.94. The van der Waals surface area contributed by atoms with E-state index in [9.17, 15) is 4.79 Å². The highest BCUT2D eigenvalue weighted by molar-refractivity contribution is 5.87. The zero-order valence-corrected chi connectivity index (χ0v) is 18.5. The predicted octanol–water partition coefficient (Wildman–Crippen LogP) is 7.25. The van der Waals surface area contributed by atoms with Crippen molar-refractivity contribution < 1.29 is 7.54 Å². The number of benzene rings is 2. The van der Waals surface area contributed by atoms with Gasteiger partial charge in [-0.2, -0.15) is 0 Å². The quantitative estimate of drug-likeness (QED) is 0.224. The van der Waals surface area contributed by atoms with E-state index in [1.807, 2.05) is 6.07 Å². The van der Waals surface area contributed by atoms with Gasteiger partial charge in [-0.05, 0) is 48.6 Å². The molecule has 0 saturated carbocycles. The van der Waals surface area contributed by atoms with Crippen LogP contribution in [-0.4, -0.2) is 15.3 Å². The van der Waals surface area contributed by atoms with E-state index in [0.717, 1.165) is 38.6 Å². The molecule has 0 saturated heterocycles. The number of fused-ring (bicyclic) bond motifs is 1. The summed E-state index contributed by atoms with van der Waals surface area (Å²) in [6.45, 7) is 0.969. The molecule has 2 aromatic heterocycles. The monoisotopic (exact) mass is 426 g/mol. The van der Waals surface area contributed by atoms with Crippen molar-refractivity contribution in [3.05, 3.63) is 90.8 Å². The summed E-state index contributed by atoms with van der Waals surface area (Å²) in [4.78, 5) is 16.4. The van der Waals surface area contributed by atoms with Crippen molar-refractivity contribution in [3.63, 3.8) is 0 Å². The Morgan fingerprint density at radius 1 is 0.875 bits per heavy atom. The Morgan fingerprint density at radius 3 is 2.50 bits per heavy atom. The highest BCUT2D eigenvalue weighted by Gasteiger charge is 2.10. The minimum Gasteiger partial charge on any atom is -0.340 e. The molecule has 0 radical (unpaired) electrons. The number of rotatable bonds is 12. The molecule has 4 rings (SSSR count). The Balaban J connectivity index is 1.23. The number of pyridine rings is 1. The lowest BCUT2D eigenvalue weighted by Crippen LogP contribution is -2.01. The molecule has 2 aromatic carbocycles. The standard InChI is InChI=1S/C29H32N2O/c32-27(19-18-24-12-11-20-30-23-24)16-7-2-1-3-10-21-31-28-17-9-8-15-26(28)22-29(31)25-13-5-4-6-14-25/h4-6,8-9,11-15,17,20,22-23H,1-3,7,10,16,18-19,21H2/i18D,19D. The van der Waals surface area contributed by atoms with Gasteiger partial charge in [0.1, 0.15) is 5.78 Å². The highest BCUT2D eigenvalue weighted by Crippen LogP contribution is 2.28. The van der Waals surface area contributed by atoms with E-state index < -0.39 is 12.8 Å². The smallest absolute Gasteiger partial charge is 0.133 e. The average Bonchev–Trinajstić information content (AvgIpc) is 3.26. The molecule has 4 aromatic rings. The largest absolute Gasteiger partial charge is 0.340 e. The van der Waals surface area contributed by atoms with E-state index in [1.54, 1.807) is 24.5 Å². The second-order valence-corrected chi connectivity index (χ2v) is 8.21. The van der Waals surface area contributed by atoms with E-state index in [-0.39, 0.29) is 5.78 Å². The lowest BCUT2D eigenvalue weighted by Gasteiger charge is -2.11. The molecule has 2 unspecified atom stereocenters. The molecule has 0 aliphatic heterocycles. The molecule has 0 aliphatic rings. The molecule has 2 heterocycles. The number of Topliss-reactive ketones (excluding diaryl/α,β-unsaturated/α-hetero) is 1. The van der Waals surface area contributed by atoms with Crippen LogP contribution in [0, 0.1) is 0 Å². The van der Waals surface area contributed by atoms with Crippen LogP contribution in [0.3, 0.4) is 0 Å². The number of unbranched alkanes of at least 4 members (excludes halogenated alkanes) is 4. The molecule has 0 amide bonds. The third-order valence-corrected chi connectivity index (χ3v) is 5.83. The number of nitrogens with zero attached hydrogens (tertiary/aromatic N) is 2. The number of aryl methyl sites for hydroxylation is 2. The first-order chi connectivity index (χ1) is 16.6. The maximum Gasteiger partial charge on any atom is 0.133 e. The molecular formula is C29H32N2O. The molecular weight excluding hydrogens is 392 g/mol. The predicted molar refractivity (Wildman–Crippen MR) is 133 cm³/mol. The van der Waals surface area contributed by atoms with Crippen molar-refractivity contribution in [2.75, 3.05) is 0 Å². The van der Waals surface area contributed by atoms with E-state index in [2.05, 4.69) is 64.1 Å². The molecule has 0 bridgehead atoms. The second-order valence-electron chi connectivity index (χ2n) is 8.21. The van der Waals surface area contributed by atoms with Crippen molar-refractivity contribution in [1.82, 2.24) is 9.55 Å². The second kappa shape index (κ2) is 11.4. The Bertz CT molecular complexity index is 1190. The summed E-state index contributed by atoms with van der Waals surface area (Å²) in [5, 5.41) is 1.27. The summed E-state index contributed by atoms with van der Waals surface area (Å²) in [5.74, 6) is -0.143. The van der Waals surface area contributed by atoms with Gasteiger partial charge in [-0.25, -0.2) is 0 Å². The molecule has 32 heavy (non-hydrogen) atoms. The molecule has 0 fully saturated rings. The summed E-state index contributed by atoms with van der Waals surface area (Å²) < 4.78 is 18.7. The summed E-state index contributed by atoms with van der Waals surface area (Å²) in [6.07, 6.45) is 6.72. The third-order valence-electron chi connectivity index (χ3n) is 5.83. The van der Waals surface area contributed by atoms with Gasteiger partial charge in [-0.1, -0.05) is 73.9 Å². The fraction of sp³-hybridized carbons (Fsp3) is 0.310. The normalized spacial score (nSPS) is 14.0. The molecule has 0 N–H and O–H groups in total. The van der Waals surface area contributed by atoms with Gasteiger partial charge >= 0.3 is 0 Å². The molecule has 164 valence electrons. The first-order valence-corrected chi connectivity index (χ1v) is 11.6. The zero-order valence-electron chi connectivity index (χ0n) is 20.5. The van der Waals surface area contributed by atoms with E-state index >= 15 is 0 Å². The van der Waals surface area contributed by atoms with Crippen molar-refractivity contribution in [3.8, 4) is 11.3 Å². The topological polar surface area (TPSA) is 34.9 Å². The van der Waals surface area contributed by atoms with Gasteiger partial charge in [0.05, 0.1) is 0 Å². The summed E-state index contributed by atoms with van der Waals surface area (Å²) >= 11 is 0. The minimum absolute atomic E-state index is 0.143. The molecule has 2 atom stereocenters. The fourth-order valence-corrected chi connectivity index (χ4v) is 4.15. The lowest BCUT2D eigenvalue weighted by molar-refractivity contribution is -0.119. The van der Waals surface area contributed by atoms with Crippen LogP contribution in [-0.2, 0) is 17.7 Å². The summed E-state index contributed by atoms with van der Waals surface area (Å²) in [7, 11) is 0. The van der Waals surface area contributed by atoms with E-state index in [0.29, 0.717) is 12.0 Å². The van der Waals surface area contributed by atoms with Crippen LogP contribution in [0.4, 0.5) is 0 Å². The van der Waals surface area contributed by atoms with Crippen LogP contribution >= 0.6 is 0 Å².